The molecule has 0 aliphatic heterocycles. The first-order chi connectivity index (χ1) is 17.1. The number of halogens is 3. The number of nitrogens with zero attached hydrogens (tertiary/aromatic N) is 2. The summed E-state index contributed by atoms with van der Waals surface area (Å²) in [7, 11) is 0. The van der Waals surface area contributed by atoms with Crippen LogP contribution in [0.25, 0.3) is 11.3 Å². The quantitative estimate of drug-likeness (QED) is 0.363. The van der Waals surface area contributed by atoms with Gasteiger partial charge in [-0.25, -0.2) is 4.79 Å². The van der Waals surface area contributed by atoms with E-state index in [0.717, 1.165) is 43.5 Å². The van der Waals surface area contributed by atoms with Crippen LogP contribution >= 0.6 is 0 Å². The van der Waals surface area contributed by atoms with Crippen molar-refractivity contribution in [1.82, 2.24) is 15.1 Å². The lowest BCUT2D eigenvalue weighted by molar-refractivity contribution is -0.274. The summed E-state index contributed by atoms with van der Waals surface area (Å²) in [5, 5.41) is 20.4. The Morgan fingerprint density at radius 3 is 2.47 bits per heavy atom. The number of amides is 2. The Bertz CT molecular complexity index is 1250. The summed E-state index contributed by atoms with van der Waals surface area (Å²) in [5.41, 5.74) is 1.91. The molecule has 11 heteroatoms. The summed E-state index contributed by atoms with van der Waals surface area (Å²) in [6.07, 6.45) is -1.09. The zero-order chi connectivity index (χ0) is 25.9. The van der Waals surface area contributed by atoms with E-state index in [1.165, 1.54) is 35.0 Å². The molecule has 1 aliphatic carbocycles. The largest absolute Gasteiger partial charge is 0.573 e. The SMILES string of the molecule is CCCNC(=O)n1nc(-c2cc(NC(=O)c3ccc(OC(F)(F)F)cc3)ccc2O)cc1C1CCC1. The molecule has 4 rings (SSSR count). The van der Waals surface area contributed by atoms with E-state index >= 15 is 0 Å². The van der Waals surface area contributed by atoms with Gasteiger partial charge in [-0.05, 0) is 67.8 Å². The first-order valence-electron chi connectivity index (χ1n) is 11.5. The molecule has 2 amide bonds. The first-order valence-corrected chi connectivity index (χ1v) is 11.5. The Balaban J connectivity index is 1.56. The van der Waals surface area contributed by atoms with Gasteiger partial charge in [0, 0.05) is 29.3 Å². The van der Waals surface area contributed by atoms with Crippen molar-refractivity contribution in [3.05, 3.63) is 59.8 Å². The van der Waals surface area contributed by atoms with Crippen LogP contribution in [-0.4, -0.2) is 39.7 Å². The van der Waals surface area contributed by atoms with Crippen LogP contribution in [0.3, 0.4) is 0 Å². The van der Waals surface area contributed by atoms with Gasteiger partial charge < -0.3 is 20.5 Å². The Morgan fingerprint density at radius 2 is 1.86 bits per heavy atom. The van der Waals surface area contributed by atoms with Crippen LogP contribution in [0.4, 0.5) is 23.7 Å². The van der Waals surface area contributed by atoms with Crippen molar-refractivity contribution in [3.63, 3.8) is 0 Å². The number of carbonyl (C=O) groups excluding carboxylic acids is 2. The maximum absolute atomic E-state index is 12.7. The third-order valence-corrected chi connectivity index (χ3v) is 5.86. The molecule has 2 aromatic carbocycles. The maximum Gasteiger partial charge on any atom is 0.573 e. The number of ether oxygens (including phenoxy) is 1. The minimum Gasteiger partial charge on any atom is -0.507 e. The minimum atomic E-state index is -4.83. The van der Waals surface area contributed by atoms with Gasteiger partial charge in [0.1, 0.15) is 11.5 Å². The maximum atomic E-state index is 12.7. The second kappa shape index (κ2) is 10.3. The van der Waals surface area contributed by atoms with Crippen LogP contribution in [0, 0.1) is 0 Å². The van der Waals surface area contributed by atoms with Gasteiger partial charge >= 0.3 is 12.4 Å². The topological polar surface area (TPSA) is 105 Å². The fourth-order valence-corrected chi connectivity index (χ4v) is 3.82. The van der Waals surface area contributed by atoms with Gasteiger partial charge in [-0.15, -0.1) is 13.2 Å². The van der Waals surface area contributed by atoms with E-state index in [1.807, 2.05) is 6.92 Å². The highest BCUT2D eigenvalue weighted by Gasteiger charge is 2.31. The van der Waals surface area contributed by atoms with Crippen molar-refractivity contribution < 1.29 is 32.6 Å². The van der Waals surface area contributed by atoms with Crippen molar-refractivity contribution >= 4 is 17.6 Å². The average molecular weight is 502 g/mol. The number of anilines is 1. The third kappa shape index (κ3) is 5.78. The highest BCUT2D eigenvalue weighted by Crippen LogP contribution is 2.39. The number of alkyl halides is 3. The molecule has 3 aromatic rings. The molecular weight excluding hydrogens is 477 g/mol. The Labute approximate surface area is 205 Å². The van der Waals surface area contributed by atoms with Crippen LogP contribution in [-0.2, 0) is 0 Å². The highest BCUT2D eigenvalue weighted by atomic mass is 19.4. The van der Waals surface area contributed by atoms with Crippen molar-refractivity contribution in [2.75, 3.05) is 11.9 Å². The predicted molar refractivity (Wildman–Crippen MR) is 126 cm³/mol. The van der Waals surface area contributed by atoms with Crippen molar-refractivity contribution in [2.24, 2.45) is 0 Å². The normalized spacial score (nSPS) is 13.7. The molecule has 0 atom stereocenters. The lowest BCUT2D eigenvalue weighted by atomic mass is 9.82. The van der Waals surface area contributed by atoms with Crippen LogP contribution < -0.4 is 15.4 Å². The van der Waals surface area contributed by atoms with E-state index in [4.69, 9.17) is 0 Å². The number of rotatable bonds is 7. The Kier molecular flexibility index (Phi) is 7.18. The van der Waals surface area contributed by atoms with Crippen LogP contribution in [0.2, 0.25) is 0 Å². The van der Waals surface area contributed by atoms with E-state index in [0.29, 0.717) is 23.5 Å². The number of nitrogens with one attached hydrogen (secondary N) is 2. The monoisotopic (exact) mass is 502 g/mol. The van der Waals surface area contributed by atoms with Gasteiger partial charge in [-0.2, -0.15) is 9.78 Å². The van der Waals surface area contributed by atoms with Crippen molar-refractivity contribution in [1.29, 1.82) is 0 Å². The van der Waals surface area contributed by atoms with E-state index in [1.54, 1.807) is 6.07 Å². The fraction of sp³-hybridized carbons (Fsp3) is 0.320. The number of hydrogen-bond acceptors (Lipinski definition) is 5. The molecule has 0 radical (unpaired) electrons. The molecule has 1 saturated carbocycles. The predicted octanol–water partition coefficient (Wildman–Crippen LogP) is 5.64. The number of hydrogen-bond donors (Lipinski definition) is 3. The van der Waals surface area contributed by atoms with Gasteiger partial charge in [-0.1, -0.05) is 13.3 Å². The second-order valence-electron chi connectivity index (χ2n) is 8.48. The van der Waals surface area contributed by atoms with Crippen LogP contribution in [0.1, 0.15) is 54.6 Å². The molecule has 1 aromatic heterocycles. The average Bonchev–Trinajstić information content (AvgIpc) is 3.21. The first kappa shape index (κ1) is 25.1. The Morgan fingerprint density at radius 1 is 1.14 bits per heavy atom. The number of phenolic OH excluding ortho intramolecular Hbond substituents is 1. The summed E-state index contributed by atoms with van der Waals surface area (Å²) >= 11 is 0. The molecule has 1 fully saturated rings. The van der Waals surface area contributed by atoms with Gasteiger partial charge in [0.05, 0.1) is 11.4 Å². The van der Waals surface area contributed by atoms with Gasteiger partial charge in [-0.3, -0.25) is 4.79 Å². The van der Waals surface area contributed by atoms with Gasteiger partial charge in [0.2, 0.25) is 0 Å². The summed E-state index contributed by atoms with van der Waals surface area (Å²) < 4.78 is 42.2. The zero-order valence-electron chi connectivity index (χ0n) is 19.4. The van der Waals surface area contributed by atoms with E-state index < -0.39 is 18.0 Å². The van der Waals surface area contributed by atoms with Crippen molar-refractivity contribution in [2.45, 2.75) is 44.9 Å². The Hall–Kier alpha value is -4.02. The molecule has 0 saturated heterocycles. The molecule has 8 nitrogen and oxygen atoms in total. The molecule has 0 unspecified atom stereocenters. The molecule has 36 heavy (non-hydrogen) atoms. The lowest BCUT2D eigenvalue weighted by Gasteiger charge is -2.25. The smallest absolute Gasteiger partial charge is 0.507 e. The zero-order valence-corrected chi connectivity index (χ0v) is 19.4. The molecule has 190 valence electrons. The van der Waals surface area contributed by atoms with Gasteiger partial charge in [0.25, 0.3) is 5.91 Å². The fourth-order valence-electron chi connectivity index (χ4n) is 3.82. The summed E-state index contributed by atoms with van der Waals surface area (Å²) in [6, 6.07) is 10.3. The molecule has 1 heterocycles. The standard InChI is InChI=1S/C25H25F3N4O4/c1-2-12-29-24(35)32-21(15-4-3-5-15)14-20(31-32)19-13-17(8-11-22(19)33)30-23(34)16-6-9-18(10-7-16)36-25(26,27)28/h6-11,13-15,33H,2-5,12H2,1H3,(H,29,35)(H,30,34). The number of phenols is 1. The molecule has 1 aliphatic rings. The summed E-state index contributed by atoms with van der Waals surface area (Å²) in [4.78, 5) is 25.3. The van der Waals surface area contributed by atoms with Crippen LogP contribution in [0.15, 0.2) is 48.5 Å². The third-order valence-electron chi connectivity index (χ3n) is 5.86. The number of aromatic nitrogens is 2. The second-order valence-corrected chi connectivity index (χ2v) is 8.48. The number of benzene rings is 2. The minimum absolute atomic E-state index is 0.0829. The summed E-state index contributed by atoms with van der Waals surface area (Å²) in [6.45, 7) is 2.46. The van der Waals surface area contributed by atoms with E-state index in [2.05, 4.69) is 20.5 Å². The highest BCUT2D eigenvalue weighted by molar-refractivity contribution is 6.04. The van der Waals surface area contributed by atoms with Crippen LogP contribution in [0.5, 0.6) is 11.5 Å². The lowest BCUT2D eigenvalue weighted by Crippen LogP contribution is -2.32. The van der Waals surface area contributed by atoms with Gasteiger partial charge in [0.15, 0.2) is 0 Å². The van der Waals surface area contributed by atoms with E-state index in [-0.39, 0.29) is 23.3 Å². The molecule has 3 N–H and O–H groups in total. The number of aromatic hydroxyl groups is 1. The molecule has 0 bridgehead atoms. The van der Waals surface area contributed by atoms with E-state index in [9.17, 15) is 27.9 Å². The number of carbonyl (C=O) groups is 2. The summed E-state index contributed by atoms with van der Waals surface area (Å²) in [5.74, 6) is -0.884. The molecule has 0 spiro atoms. The van der Waals surface area contributed by atoms with Crippen molar-refractivity contribution in [3.8, 4) is 22.8 Å². The molecular formula is C25H25F3N4O4.